The summed E-state index contributed by atoms with van der Waals surface area (Å²) in [6.45, 7) is 5.71. The summed E-state index contributed by atoms with van der Waals surface area (Å²) in [4.78, 5) is 22.8. The molecule has 0 amide bonds. The molecule has 6 nitrogen and oxygen atoms in total. The average Bonchev–Trinajstić information content (AvgIpc) is 2.69. The van der Waals surface area contributed by atoms with Gasteiger partial charge in [-0.15, -0.1) is 0 Å². The van der Waals surface area contributed by atoms with Crippen LogP contribution in [0.3, 0.4) is 0 Å². The van der Waals surface area contributed by atoms with E-state index in [1.54, 1.807) is 25.4 Å². The molecule has 2 fully saturated rings. The highest BCUT2D eigenvalue weighted by atomic mass is 16.5. The molecule has 1 aromatic heterocycles. The van der Waals surface area contributed by atoms with E-state index in [9.17, 15) is 4.79 Å². The fourth-order valence-electron chi connectivity index (χ4n) is 4.13. The lowest BCUT2D eigenvalue weighted by molar-refractivity contribution is -0.137. The number of rotatable bonds is 7. The Balaban J connectivity index is 1.47. The van der Waals surface area contributed by atoms with Gasteiger partial charge in [0.1, 0.15) is 5.82 Å². The van der Waals surface area contributed by atoms with E-state index in [1.165, 1.54) is 64.1 Å². The van der Waals surface area contributed by atoms with Gasteiger partial charge in [0.05, 0.1) is 24.7 Å². The number of aromatic nitrogens is 2. The minimum absolute atomic E-state index is 0.359. The van der Waals surface area contributed by atoms with E-state index in [4.69, 9.17) is 4.74 Å². The summed E-state index contributed by atoms with van der Waals surface area (Å²) >= 11 is 0. The maximum absolute atomic E-state index is 11.3. The number of carbonyl (C=O) groups is 1. The van der Waals surface area contributed by atoms with Gasteiger partial charge in [0.25, 0.3) is 0 Å². The maximum Gasteiger partial charge on any atom is 0.330 e. The molecule has 6 heteroatoms. The number of esters is 1. The Morgan fingerprint density at radius 3 is 2.81 bits per heavy atom. The van der Waals surface area contributed by atoms with E-state index in [1.807, 2.05) is 0 Å². The Kier molecular flexibility index (Phi) is 7.63. The first kappa shape index (κ1) is 19.8. The molecule has 0 spiro atoms. The lowest BCUT2D eigenvalue weighted by Gasteiger charge is -2.36. The fourth-order valence-corrected chi connectivity index (χ4v) is 4.13. The van der Waals surface area contributed by atoms with E-state index in [0.717, 1.165) is 18.3 Å². The van der Waals surface area contributed by atoms with Crippen molar-refractivity contribution in [3.63, 3.8) is 0 Å². The second-order valence-electron chi connectivity index (χ2n) is 7.66. The zero-order valence-corrected chi connectivity index (χ0v) is 16.4. The molecule has 1 aliphatic heterocycles. The van der Waals surface area contributed by atoms with Crippen molar-refractivity contribution in [2.45, 2.75) is 57.9 Å². The molecule has 0 bridgehead atoms. The molecule has 3 rings (SSSR count). The third kappa shape index (κ3) is 6.61. The summed E-state index contributed by atoms with van der Waals surface area (Å²) < 4.78 is 4.86. The standard InChI is InChI=1S/C21H32N4O2/c1-2-27-21(26)11-10-18-13-23-20(14-22-18)24-19-9-6-12-25(16-19)15-17-7-4-3-5-8-17/h10-11,13-14,17,19H,2-9,12,15-16H2,1H3,(H,23,24)/t19-/m1/s1. The molecule has 1 N–H and O–H groups in total. The van der Waals surface area contributed by atoms with Crippen molar-refractivity contribution in [3.8, 4) is 0 Å². The average molecular weight is 373 g/mol. The van der Waals surface area contributed by atoms with Crippen LogP contribution in [0.2, 0.25) is 0 Å². The molecule has 1 saturated heterocycles. The summed E-state index contributed by atoms with van der Waals surface area (Å²) in [6, 6.07) is 0.428. The Bertz CT molecular complexity index is 611. The third-order valence-electron chi connectivity index (χ3n) is 5.45. The molecule has 1 atom stereocenters. The smallest absolute Gasteiger partial charge is 0.330 e. The van der Waals surface area contributed by atoms with Crippen LogP contribution in [0.1, 0.15) is 57.6 Å². The summed E-state index contributed by atoms with van der Waals surface area (Å²) in [6.07, 6.45) is 15.9. The lowest BCUT2D eigenvalue weighted by atomic mass is 9.88. The molecule has 1 saturated carbocycles. The molecule has 148 valence electrons. The van der Waals surface area contributed by atoms with Crippen molar-refractivity contribution in [1.29, 1.82) is 0 Å². The predicted molar refractivity (Wildman–Crippen MR) is 107 cm³/mol. The quantitative estimate of drug-likeness (QED) is 0.584. The number of ether oxygens (including phenoxy) is 1. The van der Waals surface area contributed by atoms with Crippen LogP contribution in [-0.2, 0) is 9.53 Å². The summed E-state index contributed by atoms with van der Waals surface area (Å²) in [7, 11) is 0. The van der Waals surface area contributed by atoms with Crippen molar-refractivity contribution in [2.75, 3.05) is 31.6 Å². The minimum atomic E-state index is -0.359. The second-order valence-corrected chi connectivity index (χ2v) is 7.66. The monoisotopic (exact) mass is 372 g/mol. The Morgan fingerprint density at radius 2 is 2.07 bits per heavy atom. The van der Waals surface area contributed by atoms with E-state index in [0.29, 0.717) is 18.3 Å². The highest BCUT2D eigenvalue weighted by Crippen LogP contribution is 2.25. The minimum Gasteiger partial charge on any atom is -0.463 e. The zero-order valence-electron chi connectivity index (χ0n) is 16.4. The molecule has 2 aliphatic rings. The predicted octanol–water partition coefficient (Wildman–Crippen LogP) is 3.51. The normalized spacial score (nSPS) is 22.0. The van der Waals surface area contributed by atoms with Gasteiger partial charge in [0, 0.05) is 25.2 Å². The highest BCUT2D eigenvalue weighted by Gasteiger charge is 2.23. The fraction of sp³-hybridized carbons (Fsp3) is 0.667. The van der Waals surface area contributed by atoms with Gasteiger partial charge in [-0.25, -0.2) is 9.78 Å². The Morgan fingerprint density at radius 1 is 1.22 bits per heavy atom. The van der Waals surface area contributed by atoms with Gasteiger partial charge in [-0.05, 0) is 51.1 Å². The molecular formula is C21H32N4O2. The number of hydrogen-bond donors (Lipinski definition) is 1. The van der Waals surface area contributed by atoms with Crippen molar-refractivity contribution in [2.24, 2.45) is 5.92 Å². The van der Waals surface area contributed by atoms with Crippen LogP contribution in [0, 0.1) is 5.92 Å². The van der Waals surface area contributed by atoms with E-state index >= 15 is 0 Å². The third-order valence-corrected chi connectivity index (χ3v) is 5.45. The largest absolute Gasteiger partial charge is 0.463 e. The number of nitrogens with zero attached hydrogens (tertiary/aromatic N) is 3. The topological polar surface area (TPSA) is 67.3 Å². The molecule has 0 unspecified atom stereocenters. The van der Waals surface area contributed by atoms with E-state index in [2.05, 4.69) is 20.2 Å². The van der Waals surface area contributed by atoms with E-state index < -0.39 is 0 Å². The number of piperidine rings is 1. The summed E-state index contributed by atoms with van der Waals surface area (Å²) in [5, 5.41) is 3.53. The van der Waals surface area contributed by atoms with Gasteiger partial charge >= 0.3 is 5.97 Å². The van der Waals surface area contributed by atoms with Crippen LogP contribution in [0.25, 0.3) is 6.08 Å². The first-order valence-electron chi connectivity index (χ1n) is 10.4. The zero-order chi connectivity index (χ0) is 18.9. The maximum atomic E-state index is 11.3. The van der Waals surface area contributed by atoms with Crippen LogP contribution in [0.5, 0.6) is 0 Å². The van der Waals surface area contributed by atoms with E-state index in [-0.39, 0.29) is 5.97 Å². The Labute approximate surface area is 162 Å². The van der Waals surface area contributed by atoms with Crippen molar-refractivity contribution >= 4 is 17.9 Å². The molecular weight excluding hydrogens is 340 g/mol. The SMILES string of the molecule is CCOC(=O)C=Cc1cnc(N[C@@H]2CCCN(CC3CCCCC3)C2)cn1. The number of anilines is 1. The molecule has 1 aliphatic carbocycles. The van der Waals surface area contributed by atoms with Crippen LogP contribution in [-0.4, -0.2) is 53.1 Å². The van der Waals surface area contributed by atoms with Gasteiger partial charge in [0.15, 0.2) is 0 Å². The number of carbonyl (C=O) groups excluding carboxylic acids is 1. The molecule has 1 aromatic rings. The molecule has 27 heavy (non-hydrogen) atoms. The van der Waals surface area contributed by atoms with Gasteiger partial charge in [-0.2, -0.15) is 0 Å². The molecule has 2 heterocycles. The Hall–Kier alpha value is -1.95. The first-order valence-corrected chi connectivity index (χ1v) is 10.4. The van der Waals surface area contributed by atoms with Crippen LogP contribution in [0.4, 0.5) is 5.82 Å². The van der Waals surface area contributed by atoms with Crippen LogP contribution >= 0.6 is 0 Å². The molecule has 0 radical (unpaired) electrons. The van der Waals surface area contributed by atoms with Gasteiger partial charge in [-0.3, -0.25) is 4.98 Å². The number of likely N-dealkylation sites (tertiary alicyclic amines) is 1. The summed E-state index contributed by atoms with van der Waals surface area (Å²) in [5.41, 5.74) is 0.649. The second kappa shape index (κ2) is 10.4. The van der Waals surface area contributed by atoms with Crippen LogP contribution < -0.4 is 5.32 Å². The lowest BCUT2D eigenvalue weighted by Crippen LogP contribution is -2.44. The van der Waals surface area contributed by atoms with Crippen molar-refractivity contribution in [3.05, 3.63) is 24.2 Å². The van der Waals surface area contributed by atoms with Gasteiger partial charge in [0.2, 0.25) is 0 Å². The summed E-state index contributed by atoms with van der Waals surface area (Å²) in [5.74, 6) is 1.33. The first-order chi connectivity index (χ1) is 13.2. The van der Waals surface area contributed by atoms with Gasteiger partial charge < -0.3 is 15.0 Å². The van der Waals surface area contributed by atoms with Gasteiger partial charge in [-0.1, -0.05) is 19.3 Å². The number of nitrogens with one attached hydrogen (secondary N) is 1. The molecule has 0 aromatic carbocycles. The number of hydrogen-bond acceptors (Lipinski definition) is 6. The highest BCUT2D eigenvalue weighted by molar-refractivity contribution is 5.86. The van der Waals surface area contributed by atoms with Crippen molar-refractivity contribution in [1.82, 2.24) is 14.9 Å². The van der Waals surface area contributed by atoms with Crippen molar-refractivity contribution < 1.29 is 9.53 Å². The van der Waals surface area contributed by atoms with Crippen LogP contribution in [0.15, 0.2) is 18.5 Å².